The van der Waals surface area contributed by atoms with Crippen LogP contribution in [0.2, 0.25) is 0 Å². The lowest BCUT2D eigenvalue weighted by Gasteiger charge is -2.35. The molecule has 5 rings (SSSR count). The van der Waals surface area contributed by atoms with E-state index in [1.165, 1.54) is 5.56 Å². The van der Waals surface area contributed by atoms with E-state index < -0.39 is 0 Å². The number of nitrogens with zero attached hydrogens (tertiary/aromatic N) is 1. The zero-order chi connectivity index (χ0) is 18.2. The summed E-state index contributed by atoms with van der Waals surface area (Å²) in [5, 5.41) is 3.22. The molecule has 3 aliphatic rings. The third-order valence-electron chi connectivity index (χ3n) is 5.88. The van der Waals surface area contributed by atoms with Gasteiger partial charge in [-0.2, -0.15) is 0 Å². The van der Waals surface area contributed by atoms with Crippen molar-refractivity contribution in [2.45, 2.75) is 31.0 Å². The summed E-state index contributed by atoms with van der Waals surface area (Å²) >= 11 is 0. The third-order valence-corrected chi connectivity index (χ3v) is 5.88. The van der Waals surface area contributed by atoms with Crippen LogP contribution in [-0.2, 0) is 11.2 Å². The van der Waals surface area contributed by atoms with Crippen molar-refractivity contribution in [2.75, 3.05) is 26.3 Å². The van der Waals surface area contributed by atoms with E-state index in [0.717, 1.165) is 49.4 Å². The standard InChI is InChI=1S/C22H24N2O3/c25-22(17-6-7-20-16(10-17)8-9-26-20)23-18-11-19-14-27-21(13-24(19)12-18)15-4-2-1-3-5-15/h1-7,10,18-19,21H,8-9,11-14H2,(H,23,25)/t18-,19+,21-/m1/s1. The number of benzene rings is 2. The summed E-state index contributed by atoms with van der Waals surface area (Å²) in [5.41, 5.74) is 3.08. The van der Waals surface area contributed by atoms with Gasteiger partial charge in [0.15, 0.2) is 0 Å². The minimum Gasteiger partial charge on any atom is -0.493 e. The van der Waals surface area contributed by atoms with Gasteiger partial charge in [-0.15, -0.1) is 0 Å². The van der Waals surface area contributed by atoms with Crippen LogP contribution >= 0.6 is 0 Å². The number of hydrogen-bond donors (Lipinski definition) is 1. The van der Waals surface area contributed by atoms with Gasteiger partial charge in [0.25, 0.3) is 5.91 Å². The summed E-state index contributed by atoms with van der Waals surface area (Å²) in [5.74, 6) is 0.920. The van der Waals surface area contributed by atoms with Gasteiger partial charge in [-0.3, -0.25) is 9.69 Å². The Morgan fingerprint density at radius 2 is 2.00 bits per heavy atom. The molecule has 0 aliphatic carbocycles. The number of amides is 1. The first-order valence-electron chi connectivity index (χ1n) is 9.73. The number of morpholine rings is 1. The van der Waals surface area contributed by atoms with E-state index in [1.54, 1.807) is 0 Å². The highest BCUT2D eigenvalue weighted by Crippen LogP contribution is 2.30. The van der Waals surface area contributed by atoms with E-state index in [9.17, 15) is 4.79 Å². The molecule has 0 bridgehead atoms. The first-order chi connectivity index (χ1) is 13.3. The minimum atomic E-state index is 0.00933. The fraction of sp³-hybridized carbons (Fsp3) is 0.409. The number of carbonyl (C=O) groups excluding carboxylic acids is 1. The molecule has 3 heterocycles. The van der Waals surface area contributed by atoms with Crippen molar-refractivity contribution in [3.05, 3.63) is 65.2 Å². The molecule has 0 unspecified atom stereocenters. The molecular weight excluding hydrogens is 340 g/mol. The lowest BCUT2D eigenvalue weighted by Crippen LogP contribution is -2.43. The number of rotatable bonds is 3. The summed E-state index contributed by atoms with van der Waals surface area (Å²) < 4.78 is 11.6. The van der Waals surface area contributed by atoms with E-state index in [-0.39, 0.29) is 18.1 Å². The molecule has 2 saturated heterocycles. The molecule has 140 valence electrons. The Hall–Kier alpha value is -2.37. The number of hydrogen-bond acceptors (Lipinski definition) is 4. The van der Waals surface area contributed by atoms with Crippen molar-refractivity contribution in [1.82, 2.24) is 10.2 Å². The van der Waals surface area contributed by atoms with Gasteiger partial charge in [0, 0.05) is 37.2 Å². The first-order valence-corrected chi connectivity index (χ1v) is 9.73. The van der Waals surface area contributed by atoms with E-state index in [4.69, 9.17) is 9.47 Å². The Morgan fingerprint density at radius 1 is 1.11 bits per heavy atom. The monoisotopic (exact) mass is 364 g/mol. The van der Waals surface area contributed by atoms with Gasteiger partial charge in [0.1, 0.15) is 5.75 Å². The zero-order valence-corrected chi connectivity index (χ0v) is 15.3. The maximum Gasteiger partial charge on any atom is 0.251 e. The summed E-state index contributed by atoms with van der Waals surface area (Å²) in [4.78, 5) is 15.2. The van der Waals surface area contributed by atoms with E-state index in [0.29, 0.717) is 12.6 Å². The van der Waals surface area contributed by atoms with Gasteiger partial charge in [-0.25, -0.2) is 0 Å². The smallest absolute Gasteiger partial charge is 0.251 e. The maximum absolute atomic E-state index is 12.7. The van der Waals surface area contributed by atoms with E-state index in [2.05, 4.69) is 34.5 Å². The molecule has 2 aromatic rings. The largest absolute Gasteiger partial charge is 0.493 e. The number of ether oxygens (including phenoxy) is 2. The zero-order valence-electron chi connectivity index (χ0n) is 15.3. The lowest BCUT2D eigenvalue weighted by atomic mass is 10.1. The molecule has 2 aromatic carbocycles. The second-order valence-electron chi connectivity index (χ2n) is 7.67. The molecular formula is C22H24N2O3. The summed E-state index contributed by atoms with van der Waals surface area (Å²) in [6.07, 6.45) is 1.95. The summed E-state index contributed by atoms with van der Waals surface area (Å²) in [7, 11) is 0. The highest BCUT2D eigenvalue weighted by atomic mass is 16.5. The molecule has 27 heavy (non-hydrogen) atoms. The Morgan fingerprint density at radius 3 is 2.89 bits per heavy atom. The Kier molecular flexibility index (Phi) is 4.34. The van der Waals surface area contributed by atoms with Crippen LogP contribution < -0.4 is 10.1 Å². The summed E-state index contributed by atoms with van der Waals surface area (Å²) in [6, 6.07) is 16.7. The minimum absolute atomic E-state index is 0.00933. The molecule has 1 amide bonds. The number of nitrogens with one attached hydrogen (secondary N) is 1. The van der Waals surface area contributed by atoms with Crippen LogP contribution in [0.1, 0.15) is 34.0 Å². The average molecular weight is 364 g/mol. The van der Waals surface area contributed by atoms with Crippen LogP contribution in [0.4, 0.5) is 0 Å². The van der Waals surface area contributed by atoms with Crippen LogP contribution in [0.3, 0.4) is 0 Å². The molecule has 0 spiro atoms. The van der Waals surface area contributed by atoms with Crippen molar-refractivity contribution in [1.29, 1.82) is 0 Å². The van der Waals surface area contributed by atoms with Crippen molar-refractivity contribution in [3.8, 4) is 5.75 Å². The topological polar surface area (TPSA) is 50.8 Å². The quantitative estimate of drug-likeness (QED) is 0.910. The van der Waals surface area contributed by atoms with Crippen LogP contribution in [0.15, 0.2) is 48.5 Å². The fourth-order valence-electron chi connectivity index (χ4n) is 4.44. The Bertz CT molecular complexity index is 839. The first kappa shape index (κ1) is 16.8. The van der Waals surface area contributed by atoms with Crippen LogP contribution in [-0.4, -0.2) is 49.2 Å². The summed E-state index contributed by atoms with van der Waals surface area (Å²) in [6.45, 7) is 3.21. The van der Waals surface area contributed by atoms with Crippen molar-refractivity contribution < 1.29 is 14.3 Å². The van der Waals surface area contributed by atoms with Crippen LogP contribution in [0, 0.1) is 0 Å². The van der Waals surface area contributed by atoms with Crippen LogP contribution in [0.25, 0.3) is 0 Å². The Balaban J connectivity index is 1.22. The van der Waals surface area contributed by atoms with Gasteiger partial charge >= 0.3 is 0 Å². The highest BCUT2D eigenvalue weighted by Gasteiger charge is 2.38. The number of fused-ring (bicyclic) bond motifs is 2. The third kappa shape index (κ3) is 3.33. The SMILES string of the molecule is O=C(N[C@@H]1C[C@H]2CO[C@@H](c3ccccc3)CN2C1)c1ccc2c(c1)CCO2. The fourth-order valence-corrected chi connectivity index (χ4v) is 4.44. The second kappa shape index (κ2) is 6.98. The Labute approximate surface area is 159 Å². The number of carbonyl (C=O) groups is 1. The van der Waals surface area contributed by atoms with Gasteiger partial charge < -0.3 is 14.8 Å². The van der Waals surface area contributed by atoms with Crippen LogP contribution in [0.5, 0.6) is 5.75 Å². The van der Waals surface area contributed by atoms with E-state index in [1.807, 2.05) is 24.3 Å². The second-order valence-corrected chi connectivity index (χ2v) is 7.67. The molecule has 5 heteroatoms. The maximum atomic E-state index is 12.7. The predicted molar refractivity (Wildman–Crippen MR) is 102 cm³/mol. The predicted octanol–water partition coefficient (Wildman–Crippen LogP) is 2.57. The molecule has 0 aromatic heterocycles. The van der Waals surface area contributed by atoms with Gasteiger partial charge in [-0.05, 0) is 35.7 Å². The molecule has 5 nitrogen and oxygen atoms in total. The van der Waals surface area contributed by atoms with Gasteiger partial charge in [0.05, 0.1) is 19.3 Å². The molecule has 3 aliphatic heterocycles. The lowest BCUT2D eigenvalue weighted by molar-refractivity contribution is -0.0502. The normalized spacial score (nSPS) is 26.9. The van der Waals surface area contributed by atoms with Crippen molar-refractivity contribution >= 4 is 5.91 Å². The van der Waals surface area contributed by atoms with Gasteiger partial charge in [0.2, 0.25) is 0 Å². The van der Waals surface area contributed by atoms with E-state index >= 15 is 0 Å². The van der Waals surface area contributed by atoms with Crippen molar-refractivity contribution in [3.63, 3.8) is 0 Å². The highest BCUT2D eigenvalue weighted by molar-refractivity contribution is 5.94. The molecule has 2 fully saturated rings. The van der Waals surface area contributed by atoms with Gasteiger partial charge in [-0.1, -0.05) is 30.3 Å². The average Bonchev–Trinajstić information content (AvgIpc) is 3.33. The van der Waals surface area contributed by atoms with Crippen molar-refractivity contribution in [2.24, 2.45) is 0 Å². The molecule has 3 atom stereocenters. The molecule has 0 saturated carbocycles. The molecule has 0 radical (unpaired) electrons. The molecule has 1 N–H and O–H groups in total.